The van der Waals surface area contributed by atoms with Gasteiger partial charge in [0, 0.05) is 13.1 Å². The Labute approximate surface area is 112 Å². The van der Waals surface area contributed by atoms with Gasteiger partial charge in [0.15, 0.2) is 0 Å². The van der Waals surface area contributed by atoms with Crippen LogP contribution in [0.1, 0.15) is 46.5 Å². The number of hydrogen-bond acceptors (Lipinski definition) is 2. The van der Waals surface area contributed by atoms with Crippen molar-refractivity contribution in [3.63, 3.8) is 0 Å². The second-order valence-corrected chi connectivity index (χ2v) is 4.90. The summed E-state index contributed by atoms with van der Waals surface area (Å²) in [6, 6.07) is -0.0229. The summed E-state index contributed by atoms with van der Waals surface area (Å²) in [5.74, 6) is 1.07. The number of nitrogens with one attached hydrogen (secondary N) is 1. The molecule has 1 N–H and O–H groups in total. The minimum absolute atomic E-state index is 0. The molecule has 0 radical (unpaired) electrons. The van der Waals surface area contributed by atoms with E-state index >= 15 is 0 Å². The number of halogens is 1. The molecule has 1 fully saturated rings. The van der Waals surface area contributed by atoms with Crippen molar-refractivity contribution in [2.45, 2.75) is 52.5 Å². The molecule has 0 aromatic heterocycles. The molecule has 17 heavy (non-hydrogen) atoms. The molecule has 4 heteroatoms. The first-order valence-corrected chi connectivity index (χ1v) is 6.71. The molecular weight excluding hydrogens is 236 g/mol. The smallest absolute Gasteiger partial charge is 0.239 e. The lowest BCUT2D eigenvalue weighted by molar-refractivity contribution is -0.133. The average Bonchev–Trinajstić information content (AvgIpc) is 3.08. The second-order valence-electron chi connectivity index (χ2n) is 4.90. The molecule has 1 amide bonds. The van der Waals surface area contributed by atoms with Gasteiger partial charge in [-0.2, -0.15) is 0 Å². The molecule has 1 atom stereocenters. The maximum Gasteiger partial charge on any atom is 0.239 e. The van der Waals surface area contributed by atoms with E-state index in [4.69, 9.17) is 0 Å². The van der Waals surface area contributed by atoms with Crippen LogP contribution < -0.4 is 5.32 Å². The third-order valence-electron chi connectivity index (χ3n) is 3.05. The van der Waals surface area contributed by atoms with E-state index in [-0.39, 0.29) is 24.4 Å². The van der Waals surface area contributed by atoms with Crippen LogP contribution in [0.4, 0.5) is 0 Å². The predicted molar refractivity (Wildman–Crippen MR) is 74.6 cm³/mol. The van der Waals surface area contributed by atoms with Crippen molar-refractivity contribution in [2.75, 3.05) is 19.6 Å². The Balaban J connectivity index is 0.00000256. The number of amides is 1. The molecule has 0 aliphatic heterocycles. The van der Waals surface area contributed by atoms with Gasteiger partial charge < -0.3 is 10.2 Å². The van der Waals surface area contributed by atoms with Gasteiger partial charge in [0.2, 0.25) is 5.91 Å². The molecule has 0 saturated heterocycles. The summed E-state index contributed by atoms with van der Waals surface area (Å²) in [7, 11) is 0. The third-order valence-corrected chi connectivity index (χ3v) is 3.05. The highest BCUT2D eigenvalue weighted by Gasteiger charge is 2.28. The van der Waals surface area contributed by atoms with Crippen LogP contribution in [-0.4, -0.2) is 36.5 Å². The van der Waals surface area contributed by atoms with Gasteiger partial charge in [-0.1, -0.05) is 13.8 Å². The van der Waals surface area contributed by atoms with Crippen LogP contribution in [0.2, 0.25) is 0 Å². The van der Waals surface area contributed by atoms with Crippen LogP contribution in [-0.2, 0) is 4.79 Å². The maximum absolute atomic E-state index is 12.2. The lowest BCUT2D eigenvalue weighted by Gasteiger charge is -2.26. The van der Waals surface area contributed by atoms with Crippen LogP contribution in [0.15, 0.2) is 0 Å². The first kappa shape index (κ1) is 16.7. The number of carbonyl (C=O) groups is 1. The van der Waals surface area contributed by atoms with E-state index in [0.29, 0.717) is 0 Å². The van der Waals surface area contributed by atoms with Crippen molar-refractivity contribution >= 4 is 18.3 Å². The standard InChI is InChI=1S/C13H26N2O.ClH/c1-4-8-14-11(3)13(16)15(9-5-2)10-12-6-7-12;/h11-12,14H,4-10H2,1-3H3;1H. The summed E-state index contributed by atoms with van der Waals surface area (Å²) in [5.41, 5.74) is 0. The van der Waals surface area contributed by atoms with Gasteiger partial charge in [-0.15, -0.1) is 12.4 Å². The highest BCUT2D eigenvalue weighted by atomic mass is 35.5. The molecule has 0 spiro atoms. The minimum Gasteiger partial charge on any atom is -0.341 e. The summed E-state index contributed by atoms with van der Waals surface area (Å²) in [6.07, 6.45) is 4.75. The second kappa shape index (κ2) is 8.76. The Bertz CT molecular complexity index is 219. The quantitative estimate of drug-likeness (QED) is 0.729. The summed E-state index contributed by atoms with van der Waals surface area (Å²) >= 11 is 0. The highest BCUT2D eigenvalue weighted by Crippen LogP contribution is 2.29. The lowest BCUT2D eigenvalue weighted by atomic mass is 10.2. The summed E-state index contributed by atoms with van der Waals surface area (Å²) in [4.78, 5) is 14.2. The van der Waals surface area contributed by atoms with Gasteiger partial charge in [-0.25, -0.2) is 0 Å². The number of nitrogens with zero attached hydrogens (tertiary/aromatic N) is 1. The largest absolute Gasteiger partial charge is 0.341 e. The molecule has 0 bridgehead atoms. The minimum atomic E-state index is -0.0229. The zero-order valence-corrected chi connectivity index (χ0v) is 12.2. The normalized spacial score (nSPS) is 16.2. The van der Waals surface area contributed by atoms with Crippen LogP contribution in [0.3, 0.4) is 0 Å². The Hall–Kier alpha value is -0.280. The molecule has 0 aromatic rings. The highest BCUT2D eigenvalue weighted by molar-refractivity contribution is 5.85. The fraction of sp³-hybridized carbons (Fsp3) is 0.923. The Morgan fingerprint density at radius 3 is 2.47 bits per heavy atom. The van der Waals surface area contributed by atoms with Gasteiger partial charge in [0.1, 0.15) is 0 Å². The Morgan fingerprint density at radius 1 is 1.35 bits per heavy atom. The molecule has 1 aliphatic rings. The van der Waals surface area contributed by atoms with E-state index < -0.39 is 0 Å². The SMILES string of the molecule is CCCNC(C)C(=O)N(CCC)CC1CC1.Cl. The molecule has 1 unspecified atom stereocenters. The van der Waals surface area contributed by atoms with Crippen LogP contribution in [0, 0.1) is 5.92 Å². The van der Waals surface area contributed by atoms with Crippen molar-refractivity contribution < 1.29 is 4.79 Å². The molecule has 0 heterocycles. The zero-order valence-electron chi connectivity index (χ0n) is 11.4. The van der Waals surface area contributed by atoms with Crippen LogP contribution in [0.25, 0.3) is 0 Å². The van der Waals surface area contributed by atoms with Crippen molar-refractivity contribution in [2.24, 2.45) is 5.92 Å². The first-order valence-electron chi connectivity index (χ1n) is 6.71. The molecule has 1 aliphatic carbocycles. The van der Waals surface area contributed by atoms with Gasteiger partial charge in [0.05, 0.1) is 6.04 Å². The number of carbonyl (C=O) groups excluding carboxylic acids is 1. The van der Waals surface area contributed by atoms with Gasteiger partial charge in [0.25, 0.3) is 0 Å². The molecule has 102 valence electrons. The lowest BCUT2D eigenvalue weighted by Crippen LogP contribution is -2.46. The van der Waals surface area contributed by atoms with Gasteiger partial charge in [-0.05, 0) is 45.1 Å². The Kier molecular flexibility index (Phi) is 8.61. The van der Waals surface area contributed by atoms with Gasteiger partial charge in [-0.3, -0.25) is 4.79 Å². The Morgan fingerprint density at radius 2 is 2.00 bits per heavy atom. The predicted octanol–water partition coefficient (Wildman–Crippen LogP) is 2.44. The topological polar surface area (TPSA) is 32.3 Å². The molecular formula is C13H27ClN2O. The number of hydrogen-bond donors (Lipinski definition) is 1. The molecule has 3 nitrogen and oxygen atoms in total. The zero-order chi connectivity index (χ0) is 12.0. The molecule has 1 rings (SSSR count). The van der Waals surface area contributed by atoms with E-state index in [1.807, 2.05) is 11.8 Å². The fourth-order valence-electron chi connectivity index (χ4n) is 1.90. The fourth-order valence-corrected chi connectivity index (χ4v) is 1.90. The van der Waals surface area contributed by atoms with Crippen molar-refractivity contribution in [1.29, 1.82) is 0 Å². The first-order chi connectivity index (χ1) is 7.69. The third kappa shape index (κ3) is 6.27. The summed E-state index contributed by atoms with van der Waals surface area (Å²) in [5, 5.41) is 3.27. The van der Waals surface area contributed by atoms with E-state index in [9.17, 15) is 4.79 Å². The van der Waals surface area contributed by atoms with Crippen molar-refractivity contribution in [3.05, 3.63) is 0 Å². The summed E-state index contributed by atoms with van der Waals surface area (Å²) in [6.45, 7) is 9.05. The van der Waals surface area contributed by atoms with E-state index in [1.165, 1.54) is 12.8 Å². The van der Waals surface area contributed by atoms with E-state index in [0.717, 1.165) is 38.4 Å². The van der Waals surface area contributed by atoms with Crippen molar-refractivity contribution in [1.82, 2.24) is 10.2 Å². The number of rotatable bonds is 8. The monoisotopic (exact) mass is 262 g/mol. The van der Waals surface area contributed by atoms with Crippen molar-refractivity contribution in [3.8, 4) is 0 Å². The molecule has 1 saturated carbocycles. The summed E-state index contributed by atoms with van der Waals surface area (Å²) < 4.78 is 0. The van der Waals surface area contributed by atoms with Crippen LogP contribution in [0.5, 0.6) is 0 Å². The van der Waals surface area contributed by atoms with E-state index in [2.05, 4.69) is 19.2 Å². The molecule has 0 aromatic carbocycles. The average molecular weight is 263 g/mol. The van der Waals surface area contributed by atoms with Crippen LogP contribution >= 0.6 is 12.4 Å². The van der Waals surface area contributed by atoms with Gasteiger partial charge >= 0.3 is 0 Å². The van der Waals surface area contributed by atoms with E-state index in [1.54, 1.807) is 0 Å². The maximum atomic E-state index is 12.2.